The van der Waals surface area contributed by atoms with Crippen molar-refractivity contribution in [2.45, 2.75) is 53.0 Å². The molecule has 0 N–H and O–H groups in total. The Kier molecular flexibility index (Phi) is 3.07. The number of hydrogen-bond donors (Lipinski definition) is 0. The van der Waals surface area contributed by atoms with Crippen LogP contribution in [0.2, 0.25) is 0 Å². The minimum atomic E-state index is 0.454. The highest BCUT2D eigenvalue weighted by atomic mass is 15.3. The molecular weight excluding hydrogens is 162 g/mol. The summed E-state index contributed by atoms with van der Waals surface area (Å²) in [6, 6.07) is 0.461. The van der Waals surface area contributed by atoms with E-state index in [9.17, 15) is 0 Å². The summed E-state index contributed by atoms with van der Waals surface area (Å²) in [5, 5.41) is 8.41. The molecule has 0 aliphatic heterocycles. The maximum Gasteiger partial charge on any atom is 0.135 e. The second-order valence-corrected chi connectivity index (χ2v) is 3.95. The van der Waals surface area contributed by atoms with E-state index in [2.05, 4.69) is 49.4 Å². The van der Waals surface area contributed by atoms with Crippen LogP contribution < -0.4 is 0 Å². The molecule has 0 atom stereocenters. The molecule has 0 fully saturated rings. The molecule has 1 heterocycles. The van der Waals surface area contributed by atoms with Gasteiger partial charge in [-0.15, -0.1) is 10.2 Å². The third kappa shape index (κ3) is 1.90. The van der Waals surface area contributed by atoms with E-state index in [4.69, 9.17) is 0 Å². The van der Waals surface area contributed by atoms with Gasteiger partial charge in [0.2, 0.25) is 0 Å². The van der Waals surface area contributed by atoms with Crippen LogP contribution in [0.4, 0.5) is 0 Å². The van der Waals surface area contributed by atoms with Crippen LogP contribution in [0.3, 0.4) is 0 Å². The standard InChI is InChI=1S/C10H19N3/c1-6-9-11-12-10(7(2)3)13(9)8(4)5/h7-8H,6H2,1-5H3. The lowest BCUT2D eigenvalue weighted by Crippen LogP contribution is -2.10. The Labute approximate surface area is 80.2 Å². The van der Waals surface area contributed by atoms with Crippen molar-refractivity contribution in [2.75, 3.05) is 0 Å². The largest absolute Gasteiger partial charge is 0.312 e. The summed E-state index contributed by atoms with van der Waals surface area (Å²) in [4.78, 5) is 0. The molecule has 3 heteroatoms. The molecule has 0 saturated heterocycles. The molecule has 1 aromatic rings. The minimum absolute atomic E-state index is 0.454. The van der Waals surface area contributed by atoms with Gasteiger partial charge < -0.3 is 4.57 Å². The molecule has 0 amide bonds. The fraction of sp³-hybridized carbons (Fsp3) is 0.800. The summed E-state index contributed by atoms with van der Waals surface area (Å²) in [6.07, 6.45) is 0.956. The van der Waals surface area contributed by atoms with Crippen LogP contribution in [0, 0.1) is 0 Å². The van der Waals surface area contributed by atoms with Gasteiger partial charge in [-0.1, -0.05) is 20.8 Å². The Morgan fingerprint density at radius 3 is 2.15 bits per heavy atom. The number of hydrogen-bond acceptors (Lipinski definition) is 2. The Balaban J connectivity index is 3.14. The van der Waals surface area contributed by atoms with Crippen molar-refractivity contribution in [2.24, 2.45) is 0 Å². The first-order chi connectivity index (χ1) is 6.07. The lowest BCUT2D eigenvalue weighted by molar-refractivity contribution is 0.530. The molecule has 0 radical (unpaired) electrons. The van der Waals surface area contributed by atoms with Crippen LogP contribution in [0.5, 0.6) is 0 Å². The molecule has 0 bridgehead atoms. The quantitative estimate of drug-likeness (QED) is 0.717. The SMILES string of the molecule is CCc1nnc(C(C)C)n1C(C)C. The molecule has 0 aromatic carbocycles. The van der Waals surface area contributed by atoms with Gasteiger partial charge in [0.25, 0.3) is 0 Å². The normalized spacial score (nSPS) is 11.6. The number of aromatic nitrogens is 3. The van der Waals surface area contributed by atoms with E-state index in [0.717, 1.165) is 18.1 Å². The van der Waals surface area contributed by atoms with Crippen LogP contribution in [0.1, 0.15) is 58.2 Å². The van der Waals surface area contributed by atoms with Crippen molar-refractivity contribution in [3.05, 3.63) is 11.6 Å². The number of rotatable bonds is 3. The van der Waals surface area contributed by atoms with Gasteiger partial charge in [-0.05, 0) is 13.8 Å². The Bertz CT molecular complexity index is 274. The van der Waals surface area contributed by atoms with Gasteiger partial charge in [-0.2, -0.15) is 0 Å². The summed E-state index contributed by atoms with van der Waals surface area (Å²) in [7, 11) is 0. The maximum absolute atomic E-state index is 4.22. The van der Waals surface area contributed by atoms with Crippen molar-refractivity contribution in [3.63, 3.8) is 0 Å². The molecule has 0 unspecified atom stereocenters. The average Bonchev–Trinajstić information content (AvgIpc) is 2.46. The van der Waals surface area contributed by atoms with Crippen LogP contribution in [-0.4, -0.2) is 14.8 Å². The summed E-state index contributed by atoms with van der Waals surface area (Å²) in [6.45, 7) is 10.8. The first-order valence-electron chi connectivity index (χ1n) is 5.01. The van der Waals surface area contributed by atoms with Gasteiger partial charge in [0.05, 0.1) is 0 Å². The molecule has 0 saturated carbocycles. The lowest BCUT2D eigenvalue weighted by Gasteiger charge is -2.14. The van der Waals surface area contributed by atoms with Crippen molar-refractivity contribution in [1.82, 2.24) is 14.8 Å². The molecule has 74 valence electrons. The molecule has 13 heavy (non-hydrogen) atoms. The predicted molar refractivity (Wildman–Crippen MR) is 53.9 cm³/mol. The van der Waals surface area contributed by atoms with Crippen molar-refractivity contribution in [3.8, 4) is 0 Å². The van der Waals surface area contributed by atoms with E-state index >= 15 is 0 Å². The van der Waals surface area contributed by atoms with Crippen LogP contribution in [0.25, 0.3) is 0 Å². The zero-order chi connectivity index (χ0) is 10.0. The van der Waals surface area contributed by atoms with E-state index in [0.29, 0.717) is 12.0 Å². The third-order valence-electron chi connectivity index (χ3n) is 2.14. The van der Waals surface area contributed by atoms with Crippen LogP contribution in [0.15, 0.2) is 0 Å². The number of aryl methyl sites for hydroxylation is 1. The maximum atomic E-state index is 4.22. The highest BCUT2D eigenvalue weighted by molar-refractivity contribution is 5.01. The average molecular weight is 181 g/mol. The highest BCUT2D eigenvalue weighted by Crippen LogP contribution is 2.18. The Hall–Kier alpha value is -0.860. The fourth-order valence-electron chi connectivity index (χ4n) is 1.53. The molecule has 0 spiro atoms. The first-order valence-corrected chi connectivity index (χ1v) is 5.01. The van der Waals surface area contributed by atoms with Gasteiger partial charge in [0, 0.05) is 18.4 Å². The predicted octanol–water partition coefficient (Wildman–Crippen LogP) is 2.54. The summed E-state index contributed by atoms with van der Waals surface area (Å²) in [5.74, 6) is 2.65. The Morgan fingerprint density at radius 2 is 1.77 bits per heavy atom. The first kappa shape index (κ1) is 10.2. The van der Waals surface area contributed by atoms with Crippen molar-refractivity contribution < 1.29 is 0 Å². The lowest BCUT2D eigenvalue weighted by atomic mass is 10.2. The van der Waals surface area contributed by atoms with E-state index in [1.807, 2.05) is 0 Å². The van der Waals surface area contributed by atoms with Gasteiger partial charge >= 0.3 is 0 Å². The number of nitrogens with zero attached hydrogens (tertiary/aromatic N) is 3. The molecule has 1 aromatic heterocycles. The van der Waals surface area contributed by atoms with E-state index < -0.39 is 0 Å². The van der Waals surface area contributed by atoms with Gasteiger partial charge in [0.15, 0.2) is 0 Å². The van der Waals surface area contributed by atoms with Gasteiger partial charge in [-0.25, -0.2) is 0 Å². The van der Waals surface area contributed by atoms with E-state index in [1.54, 1.807) is 0 Å². The van der Waals surface area contributed by atoms with Crippen LogP contribution in [-0.2, 0) is 6.42 Å². The van der Waals surface area contributed by atoms with Gasteiger partial charge in [0.1, 0.15) is 11.6 Å². The van der Waals surface area contributed by atoms with E-state index in [1.165, 1.54) is 0 Å². The second kappa shape index (κ2) is 3.90. The summed E-state index contributed by atoms with van der Waals surface area (Å²) < 4.78 is 2.24. The van der Waals surface area contributed by atoms with Crippen molar-refractivity contribution >= 4 is 0 Å². The molecule has 0 aliphatic carbocycles. The van der Waals surface area contributed by atoms with Crippen molar-refractivity contribution in [1.29, 1.82) is 0 Å². The molecular formula is C10H19N3. The topological polar surface area (TPSA) is 30.7 Å². The minimum Gasteiger partial charge on any atom is -0.312 e. The van der Waals surface area contributed by atoms with E-state index in [-0.39, 0.29) is 0 Å². The molecule has 0 aliphatic rings. The Morgan fingerprint density at radius 1 is 1.15 bits per heavy atom. The van der Waals surface area contributed by atoms with Crippen LogP contribution >= 0.6 is 0 Å². The highest BCUT2D eigenvalue weighted by Gasteiger charge is 2.15. The zero-order valence-corrected chi connectivity index (χ0v) is 9.20. The smallest absolute Gasteiger partial charge is 0.135 e. The fourth-order valence-corrected chi connectivity index (χ4v) is 1.53. The zero-order valence-electron chi connectivity index (χ0n) is 9.20. The third-order valence-corrected chi connectivity index (χ3v) is 2.14. The molecule has 1 rings (SSSR count). The van der Waals surface area contributed by atoms with Gasteiger partial charge in [-0.3, -0.25) is 0 Å². The monoisotopic (exact) mass is 181 g/mol. The summed E-state index contributed by atoms with van der Waals surface area (Å²) >= 11 is 0. The molecule has 3 nitrogen and oxygen atoms in total. The summed E-state index contributed by atoms with van der Waals surface area (Å²) in [5.41, 5.74) is 0. The second-order valence-electron chi connectivity index (χ2n) is 3.95.